The summed E-state index contributed by atoms with van der Waals surface area (Å²) in [4.78, 5) is 0. The monoisotopic (exact) mass is 261 g/mol. The topological polar surface area (TPSA) is 34.4 Å². The van der Waals surface area contributed by atoms with E-state index in [1.807, 2.05) is 25.1 Å². The van der Waals surface area contributed by atoms with E-state index < -0.39 is 0 Å². The first-order chi connectivity index (χ1) is 9.28. The average Bonchev–Trinajstić information content (AvgIpc) is 2.82. The van der Waals surface area contributed by atoms with E-state index in [2.05, 4.69) is 25.2 Å². The Morgan fingerprint density at radius 1 is 1.21 bits per heavy atom. The van der Waals surface area contributed by atoms with E-state index in [4.69, 9.17) is 9.15 Å². The van der Waals surface area contributed by atoms with Gasteiger partial charge in [0.05, 0.1) is 12.6 Å². The molecule has 0 bridgehead atoms. The maximum absolute atomic E-state index is 5.95. The molecule has 19 heavy (non-hydrogen) atoms. The number of fused-ring (bicyclic) bond motifs is 1. The Morgan fingerprint density at radius 3 is 2.74 bits per heavy atom. The standard InChI is InChI=1S/C16H23NO2/c1-4-7-14(17-5-2)16-11-12-10-13(18-6-3)8-9-15(12)19-16/h8-11,14,17H,4-7H2,1-3H3. The molecule has 1 atom stereocenters. The molecule has 0 amide bonds. The van der Waals surface area contributed by atoms with Crippen LogP contribution in [0.3, 0.4) is 0 Å². The van der Waals surface area contributed by atoms with E-state index in [1.54, 1.807) is 0 Å². The highest BCUT2D eigenvalue weighted by Gasteiger charge is 2.14. The van der Waals surface area contributed by atoms with Gasteiger partial charge in [-0.05, 0) is 44.2 Å². The Kier molecular flexibility index (Phi) is 4.86. The number of benzene rings is 1. The van der Waals surface area contributed by atoms with E-state index in [9.17, 15) is 0 Å². The van der Waals surface area contributed by atoms with Crippen LogP contribution in [0.25, 0.3) is 11.0 Å². The van der Waals surface area contributed by atoms with Gasteiger partial charge in [0.2, 0.25) is 0 Å². The molecule has 0 fully saturated rings. The molecule has 3 nitrogen and oxygen atoms in total. The molecule has 2 rings (SSSR count). The zero-order valence-corrected chi connectivity index (χ0v) is 12.0. The second-order valence-corrected chi connectivity index (χ2v) is 4.68. The molecule has 0 aliphatic rings. The minimum absolute atomic E-state index is 0.304. The maximum atomic E-state index is 5.95. The van der Waals surface area contributed by atoms with Crippen LogP contribution in [0.4, 0.5) is 0 Å². The van der Waals surface area contributed by atoms with Crippen LogP contribution in [-0.2, 0) is 0 Å². The molecular weight excluding hydrogens is 238 g/mol. The maximum Gasteiger partial charge on any atom is 0.134 e. The molecule has 1 aromatic carbocycles. The van der Waals surface area contributed by atoms with E-state index in [1.165, 1.54) is 0 Å². The number of hydrogen-bond donors (Lipinski definition) is 1. The van der Waals surface area contributed by atoms with Gasteiger partial charge >= 0.3 is 0 Å². The lowest BCUT2D eigenvalue weighted by atomic mass is 10.1. The summed E-state index contributed by atoms with van der Waals surface area (Å²) in [6.45, 7) is 7.95. The highest BCUT2D eigenvalue weighted by atomic mass is 16.5. The van der Waals surface area contributed by atoms with Crippen molar-refractivity contribution in [1.29, 1.82) is 0 Å². The molecule has 1 unspecified atom stereocenters. The van der Waals surface area contributed by atoms with Gasteiger partial charge in [0.15, 0.2) is 0 Å². The minimum Gasteiger partial charge on any atom is -0.494 e. The van der Waals surface area contributed by atoms with Crippen molar-refractivity contribution in [2.45, 2.75) is 39.7 Å². The number of furan rings is 1. The first kappa shape index (κ1) is 13.9. The van der Waals surface area contributed by atoms with E-state index in [0.717, 1.165) is 41.9 Å². The highest BCUT2D eigenvalue weighted by molar-refractivity contribution is 5.79. The summed E-state index contributed by atoms with van der Waals surface area (Å²) in [5, 5.41) is 4.59. The van der Waals surface area contributed by atoms with Gasteiger partial charge < -0.3 is 14.5 Å². The lowest BCUT2D eigenvalue weighted by Gasteiger charge is -2.13. The van der Waals surface area contributed by atoms with E-state index in [0.29, 0.717) is 12.6 Å². The van der Waals surface area contributed by atoms with Gasteiger partial charge in [-0.3, -0.25) is 0 Å². The summed E-state index contributed by atoms with van der Waals surface area (Å²) in [5.74, 6) is 1.92. The normalized spacial score (nSPS) is 12.8. The van der Waals surface area contributed by atoms with E-state index >= 15 is 0 Å². The Morgan fingerprint density at radius 2 is 2.05 bits per heavy atom. The third kappa shape index (κ3) is 3.29. The molecule has 0 saturated carbocycles. The molecule has 0 aliphatic heterocycles. The first-order valence-electron chi connectivity index (χ1n) is 7.18. The van der Waals surface area contributed by atoms with Crippen LogP contribution in [0.1, 0.15) is 45.4 Å². The van der Waals surface area contributed by atoms with Gasteiger partial charge in [-0.15, -0.1) is 0 Å². The van der Waals surface area contributed by atoms with Crippen LogP contribution in [0.15, 0.2) is 28.7 Å². The number of hydrogen-bond acceptors (Lipinski definition) is 3. The summed E-state index contributed by atoms with van der Waals surface area (Å²) in [6, 6.07) is 8.42. The smallest absolute Gasteiger partial charge is 0.134 e. The molecule has 0 aliphatic carbocycles. The average molecular weight is 261 g/mol. The van der Waals surface area contributed by atoms with Crippen molar-refractivity contribution in [2.24, 2.45) is 0 Å². The molecule has 0 spiro atoms. The quantitative estimate of drug-likeness (QED) is 0.807. The molecule has 1 heterocycles. The lowest BCUT2D eigenvalue weighted by molar-refractivity contribution is 0.340. The zero-order valence-electron chi connectivity index (χ0n) is 12.0. The van der Waals surface area contributed by atoms with Crippen LogP contribution in [-0.4, -0.2) is 13.2 Å². The number of rotatable bonds is 7. The predicted octanol–water partition coefficient (Wildman–Crippen LogP) is 4.28. The Hall–Kier alpha value is -1.48. The highest BCUT2D eigenvalue weighted by Crippen LogP contribution is 2.29. The van der Waals surface area contributed by atoms with Crippen molar-refractivity contribution in [2.75, 3.05) is 13.2 Å². The molecular formula is C16H23NO2. The summed E-state index contributed by atoms with van der Waals surface area (Å²) in [7, 11) is 0. The fraction of sp³-hybridized carbons (Fsp3) is 0.500. The zero-order chi connectivity index (χ0) is 13.7. The molecule has 0 radical (unpaired) electrons. The summed E-state index contributed by atoms with van der Waals surface area (Å²) < 4.78 is 11.5. The molecule has 2 aromatic rings. The van der Waals surface area contributed by atoms with Crippen molar-refractivity contribution in [1.82, 2.24) is 5.32 Å². The Labute approximate surface area is 114 Å². The second-order valence-electron chi connectivity index (χ2n) is 4.68. The Bertz CT molecular complexity index is 512. The van der Waals surface area contributed by atoms with Gasteiger partial charge in [0, 0.05) is 5.39 Å². The molecule has 3 heteroatoms. The fourth-order valence-electron chi connectivity index (χ4n) is 2.35. The van der Waals surface area contributed by atoms with Crippen LogP contribution < -0.4 is 10.1 Å². The van der Waals surface area contributed by atoms with Crippen molar-refractivity contribution >= 4 is 11.0 Å². The third-order valence-electron chi connectivity index (χ3n) is 3.19. The Balaban J connectivity index is 2.28. The predicted molar refractivity (Wildman–Crippen MR) is 78.7 cm³/mol. The van der Waals surface area contributed by atoms with Crippen molar-refractivity contribution in [3.05, 3.63) is 30.0 Å². The molecule has 1 N–H and O–H groups in total. The number of ether oxygens (including phenoxy) is 1. The largest absolute Gasteiger partial charge is 0.494 e. The fourth-order valence-corrected chi connectivity index (χ4v) is 2.35. The van der Waals surface area contributed by atoms with Crippen molar-refractivity contribution < 1.29 is 9.15 Å². The van der Waals surface area contributed by atoms with Gasteiger partial charge in [-0.1, -0.05) is 20.3 Å². The minimum atomic E-state index is 0.304. The van der Waals surface area contributed by atoms with E-state index in [-0.39, 0.29) is 0 Å². The number of nitrogens with one attached hydrogen (secondary N) is 1. The first-order valence-corrected chi connectivity index (χ1v) is 7.18. The summed E-state index contributed by atoms with van der Waals surface area (Å²) in [5.41, 5.74) is 0.928. The van der Waals surface area contributed by atoms with Crippen LogP contribution in [0, 0.1) is 0 Å². The third-order valence-corrected chi connectivity index (χ3v) is 3.19. The lowest BCUT2D eigenvalue weighted by Crippen LogP contribution is -2.20. The van der Waals surface area contributed by atoms with Crippen molar-refractivity contribution in [3.63, 3.8) is 0 Å². The van der Waals surface area contributed by atoms with Gasteiger partial charge in [0.25, 0.3) is 0 Å². The van der Waals surface area contributed by atoms with Gasteiger partial charge in [0.1, 0.15) is 17.1 Å². The van der Waals surface area contributed by atoms with Crippen LogP contribution >= 0.6 is 0 Å². The van der Waals surface area contributed by atoms with Gasteiger partial charge in [-0.2, -0.15) is 0 Å². The molecule has 1 aromatic heterocycles. The van der Waals surface area contributed by atoms with Crippen LogP contribution in [0.5, 0.6) is 5.75 Å². The molecule has 0 saturated heterocycles. The SMILES string of the molecule is CCCC(NCC)c1cc2cc(OCC)ccc2o1. The summed E-state index contributed by atoms with van der Waals surface area (Å²) >= 11 is 0. The summed E-state index contributed by atoms with van der Waals surface area (Å²) in [6.07, 6.45) is 2.23. The van der Waals surface area contributed by atoms with Crippen LogP contribution in [0.2, 0.25) is 0 Å². The second kappa shape index (κ2) is 6.62. The van der Waals surface area contributed by atoms with Crippen molar-refractivity contribution in [3.8, 4) is 5.75 Å². The molecule has 104 valence electrons. The van der Waals surface area contributed by atoms with Gasteiger partial charge in [-0.25, -0.2) is 0 Å².